The molecule has 0 bridgehead atoms. The van der Waals surface area contributed by atoms with Crippen molar-refractivity contribution in [1.29, 1.82) is 0 Å². The molecule has 0 spiro atoms. The molecule has 0 saturated carbocycles. The third-order valence-corrected chi connectivity index (χ3v) is 5.17. The van der Waals surface area contributed by atoms with Crippen LogP contribution in [0.15, 0.2) is 75.0 Å². The molecule has 0 unspecified atom stereocenters. The standard InChI is InChI=1S/C24H21ClN4O3/c1-2-3-14-29-24(31)20-7-5-4-6-19(20)22(28-29)23(30)27-26-15-18-12-13-21(32-18)16-8-10-17(25)11-9-16/h4-13,15H,2-3,14H2,1H3,(H,27,30)/b26-15+. The van der Waals surface area contributed by atoms with Crippen LogP contribution in [0.5, 0.6) is 0 Å². The van der Waals surface area contributed by atoms with Crippen LogP contribution in [0.25, 0.3) is 22.1 Å². The molecular formula is C24H21ClN4O3. The third-order valence-electron chi connectivity index (χ3n) is 4.92. The van der Waals surface area contributed by atoms with Crippen LogP contribution in [0.3, 0.4) is 0 Å². The van der Waals surface area contributed by atoms with E-state index in [1.807, 2.05) is 25.1 Å². The second-order valence-electron chi connectivity index (χ2n) is 7.18. The van der Waals surface area contributed by atoms with Gasteiger partial charge in [-0.05, 0) is 48.9 Å². The SMILES string of the molecule is CCCCn1nc(C(=O)N/N=C/c2ccc(-c3ccc(Cl)cc3)o2)c2ccccc2c1=O. The zero-order chi connectivity index (χ0) is 22.5. The van der Waals surface area contributed by atoms with Gasteiger partial charge in [0.15, 0.2) is 5.69 Å². The van der Waals surface area contributed by atoms with Gasteiger partial charge in [0.1, 0.15) is 11.5 Å². The summed E-state index contributed by atoms with van der Waals surface area (Å²) in [5, 5.41) is 9.87. The van der Waals surface area contributed by atoms with Crippen molar-refractivity contribution in [3.8, 4) is 11.3 Å². The molecule has 162 valence electrons. The summed E-state index contributed by atoms with van der Waals surface area (Å²) in [5.41, 5.74) is 3.29. The monoisotopic (exact) mass is 448 g/mol. The van der Waals surface area contributed by atoms with Crippen molar-refractivity contribution in [2.75, 3.05) is 0 Å². The molecule has 0 fully saturated rings. The lowest BCUT2D eigenvalue weighted by molar-refractivity contribution is 0.0949. The number of hydrogen-bond donors (Lipinski definition) is 1. The van der Waals surface area contributed by atoms with Gasteiger partial charge in [0, 0.05) is 22.5 Å². The molecule has 8 heteroatoms. The van der Waals surface area contributed by atoms with Gasteiger partial charge in [-0.25, -0.2) is 10.1 Å². The Labute approximate surface area is 189 Å². The molecule has 0 saturated heterocycles. The summed E-state index contributed by atoms with van der Waals surface area (Å²) in [6.07, 6.45) is 3.11. The number of hydrazone groups is 1. The zero-order valence-corrected chi connectivity index (χ0v) is 18.2. The highest BCUT2D eigenvalue weighted by atomic mass is 35.5. The molecule has 0 aliphatic rings. The summed E-state index contributed by atoms with van der Waals surface area (Å²) >= 11 is 5.92. The van der Waals surface area contributed by atoms with Crippen molar-refractivity contribution in [3.63, 3.8) is 0 Å². The minimum absolute atomic E-state index is 0.148. The van der Waals surface area contributed by atoms with Crippen molar-refractivity contribution in [2.24, 2.45) is 5.10 Å². The maximum absolute atomic E-state index is 12.8. The number of nitrogens with one attached hydrogen (secondary N) is 1. The molecule has 1 N–H and O–H groups in total. The highest BCUT2D eigenvalue weighted by molar-refractivity contribution is 6.30. The fourth-order valence-corrected chi connectivity index (χ4v) is 3.39. The molecular weight excluding hydrogens is 428 g/mol. The number of rotatable bonds is 7. The van der Waals surface area contributed by atoms with Gasteiger partial charge in [-0.2, -0.15) is 10.2 Å². The maximum atomic E-state index is 12.8. The van der Waals surface area contributed by atoms with E-state index in [-0.39, 0.29) is 11.3 Å². The van der Waals surface area contributed by atoms with E-state index < -0.39 is 5.91 Å². The number of hydrogen-bond acceptors (Lipinski definition) is 5. The Kier molecular flexibility index (Phi) is 6.47. The first-order valence-corrected chi connectivity index (χ1v) is 10.6. The summed E-state index contributed by atoms with van der Waals surface area (Å²) in [5.74, 6) is 0.623. The Hall–Kier alpha value is -3.71. The second-order valence-corrected chi connectivity index (χ2v) is 7.62. The van der Waals surface area contributed by atoms with E-state index in [9.17, 15) is 9.59 Å². The maximum Gasteiger partial charge on any atom is 0.292 e. The summed E-state index contributed by atoms with van der Waals surface area (Å²) < 4.78 is 7.08. The van der Waals surface area contributed by atoms with Crippen LogP contribution >= 0.6 is 11.6 Å². The summed E-state index contributed by atoms with van der Waals surface area (Å²) in [6, 6.07) is 17.8. The van der Waals surface area contributed by atoms with Crippen LogP contribution in [0.1, 0.15) is 36.0 Å². The molecule has 0 aliphatic heterocycles. The van der Waals surface area contributed by atoms with E-state index >= 15 is 0 Å². The van der Waals surface area contributed by atoms with Crippen molar-refractivity contribution in [1.82, 2.24) is 15.2 Å². The number of aryl methyl sites for hydroxylation is 1. The van der Waals surface area contributed by atoms with Crippen LogP contribution < -0.4 is 11.0 Å². The minimum atomic E-state index is -0.507. The van der Waals surface area contributed by atoms with Gasteiger partial charge in [-0.1, -0.05) is 43.1 Å². The van der Waals surface area contributed by atoms with Crippen molar-refractivity contribution >= 4 is 34.5 Å². The number of benzene rings is 2. The predicted octanol–water partition coefficient (Wildman–Crippen LogP) is 4.87. The first kappa shape index (κ1) is 21.5. The summed E-state index contributed by atoms with van der Waals surface area (Å²) in [6.45, 7) is 2.48. The molecule has 0 atom stereocenters. The zero-order valence-electron chi connectivity index (χ0n) is 17.4. The molecule has 0 radical (unpaired) electrons. The van der Waals surface area contributed by atoms with E-state index in [0.29, 0.717) is 33.9 Å². The Morgan fingerprint density at radius 3 is 2.62 bits per heavy atom. The average molecular weight is 449 g/mol. The van der Waals surface area contributed by atoms with Gasteiger partial charge < -0.3 is 4.42 Å². The number of halogens is 1. The van der Waals surface area contributed by atoms with Crippen LogP contribution in [0, 0.1) is 0 Å². The lowest BCUT2D eigenvalue weighted by Crippen LogP contribution is -2.29. The number of carbonyl (C=O) groups is 1. The highest BCUT2D eigenvalue weighted by Crippen LogP contribution is 2.23. The number of nitrogens with zero attached hydrogens (tertiary/aromatic N) is 3. The minimum Gasteiger partial charge on any atom is -0.455 e. The lowest BCUT2D eigenvalue weighted by Gasteiger charge is -2.09. The molecule has 7 nitrogen and oxygen atoms in total. The topological polar surface area (TPSA) is 89.5 Å². The smallest absolute Gasteiger partial charge is 0.292 e. The molecule has 2 aromatic carbocycles. The summed E-state index contributed by atoms with van der Waals surface area (Å²) in [4.78, 5) is 25.5. The Balaban J connectivity index is 1.54. The van der Waals surface area contributed by atoms with Crippen molar-refractivity contribution in [2.45, 2.75) is 26.3 Å². The number of amides is 1. The first-order chi connectivity index (χ1) is 15.6. The largest absolute Gasteiger partial charge is 0.455 e. The van der Waals surface area contributed by atoms with E-state index in [0.717, 1.165) is 18.4 Å². The Morgan fingerprint density at radius 1 is 1.12 bits per heavy atom. The third kappa shape index (κ3) is 4.63. The van der Waals surface area contributed by atoms with Gasteiger partial charge in [0.05, 0.1) is 11.6 Å². The molecule has 4 aromatic rings. The van der Waals surface area contributed by atoms with Gasteiger partial charge in [0.25, 0.3) is 11.5 Å². The second kappa shape index (κ2) is 9.62. The lowest BCUT2D eigenvalue weighted by atomic mass is 10.1. The molecule has 2 heterocycles. The van der Waals surface area contributed by atoms with Crippen LogP contribution in [-0.2, 0) is 6.54 Å². The Bertz CT molecular complexity index is 1340. The fraction of sp³-hybridized carbons (Fsp3) is 0.167. The molecule has 2 aromatic heterocycles. The number of unbranched alkanes of at least 4 members (excludes halogenated alkanes) is 1. The fourth-order valence-electron chi connectivity index (χ4n) is 3.26. The first-order valence-electron chi connectivity index (χ1n) is 10.3. The van der Waals surface area contributed by atoms with E-state index in [1.54, 1.807) is 42.5 Å². The van der Waals surface area contributed by atoms with Gasteiger partial charge in [-0.15, -0.1) is 0 Å². The van der Waals surface area contributed by atoms with Crippen molar-refractivity contribution in [3.05, 3.63) is 87.5 Å². The van der Waals surface area contributed by atoms with Gasteiger partial charge >= 0.3 is 0 Å². The van der Waals surface area contributed by atoms with E-state index in [4.69, 9.17) is 16.0 Å². The molecule has 1 amide bonds. The van der Waals surface area contributed by atoms with Crippen LogP contribution in [0.4, 0.5) is 0 Å². The number of fused-ring (bicyclic) bond motifs is 1. The number of carbonyl (C=O) groups excluding carboxylic acids is 1. The van der Waals surface area contributed by atoms with Crippen LogP contribution in [-0.4, -0.2) is 21.9 Å². The van der Waals surface area contributed by atoms with E-state index in [2.05, 4.69) is 15.6 Å². The summed E-state index contributed by atoms with van der Waals surface area (Å²) in [7, 11) is 0. The average Bonchev–Trinajstić information content (AvgIpc) is 3.28. The van der Waals surface area contributed by atoms with Gasteiger partial charge in [0.2, 0.25) is 0 Å². The quantitative estimate of drug-likeness (QED) is 0.322. The highest BCUT2D eigenvalue weighted by Gasteiger charge is 2.16. The Morgan fingerprint density at radius 2 is 1.88 bits per heavy atom. The number of furan rings is 1. The van der Waals surface area contributed by atoms with Crippen LogP contribution in [0.2, 0.25) is 5.02 Å². The predicted molar refractivity (Wildman–Crippen MR) is 125 cm³/mol. The molecule has 32 heavy (non-hydrogen) atoms. The molecule has 4 rings (SSSR count). The van der Waals surface area contributed by atoms with Gasteiger partial charge in [-0.3, -0.25) is 9.59 Å². The van der Waals surface area contributed by atoms with E-state index in [1.165, 1.54) is 10.9 Å². The van der Waals surface area contributed by atoms with Crippen molar-refractivity contribution < 1.29 is 9.21 Å². The normalized spacial score (nSPS) is 11.3. The number of aromatic nitrogens is 2. The molecule has 0 aliphatic carbocycles.